The summed E-state index contributed by atoms with van der Waals surface area (Å²) in [5.74, 6) is -2.90. The molecule has 2 aromatic rings. The first-order valence-electron chi connectivity index (χ1n) is 9.13. The Bertz CT molecular complexity index is 869. The third kappa shape index (κ3) is 9.12. The zero-order valence-electron chi connectivity index (χ0n) is 18.1. The molecule has 0 radical (unpaired) electrons. The number of nitrogens with zero attached hydrogens (tertiary/aromatic N) is 5. The van der Waals surface area contributed by atoms with Gasteiger partial charge in [-0.1, -0.05) is 30.3 Å². The molecule has 0 aliphatic heterocycles. The summed E-state index contributed by atoms with van der Waals surface area (Å²) in [7, 11) is 7.99. The molecule has 4 N–H and O–H groups in total. The highest BCUT2D eigenvalue weighted by molar-refractivity contribution is 6.27. The van der Waals surface area contributed by atoms with Crippen molar-refractivity contribution < 1.29 is 25.3 Å². The summed E-state index contributed by atoms with van der Waals surface area (Å²) in [6.07, 6.45) is 1.78. The number of hydrogen-bond donors (Lipinski definition) is 2. The molecule has 0 amide bonds. The Kier molecular flexibility index (Phi) is 11.9. The van der Waals surface area contributed by atoms with Gasteiger partial charge in [0.1, 0.15) is 17.5 Å². The standard InChI is InChI=1S/C19H25N5.C2H2O4.H2O/c1-22(2)12-13-24(15-16-8-6-5-7-9-16)19-17(14-20)18(23(3)4)10-11-21-19;3-1(4)2(5)6;/h5-11H,12-13,15H2,1-4H3;(H,3,4)(H,5,6);1H2. The lowest BCUT2D eigenvalue weighted by Gasteiger charge is -2.27. The van der Waals surface area contributed by atoms with Gasteiger partial charge in [0, 0.05) is 39.9 Å². The van der Waals surface area contributed by atoms with Crippen LogP contribution in [-0.2, 0) is 16.1 Å². The van der Waals surface area contributed by atoms with Crippen LogP contribution >= 0.6 is 0 Å². The van der Waals surface area contributed by atoms with Crippen LogP contribution in [0.1, 0.15) is 11.1 Å². The van der Waals surface area contributed by atoms with E-state index in [1.807, 2.05) is 43.3 Å². The topological polar surface area (TPSA) is 152 Å². The summed E-state index contributed by atoms with van der Waals surface area (Å²) in [4.78, 5) is 29.0. The van der Waals surface area contributed by atoms with E-state index in [-0.39, 0.29) is 5.48 Å². The van der Waals surface area contributed by atoms with Crippen LogP contribution < -0.4 is 9.80 Å². The lowest BCUT2D eigenvalue weighted by molar-refractivity contribution is -0.159. The minimum atomic E-state index is -1.82. The van der Waals surface area contributed by atoms with Crippen molar-refractivity contribution in [3.63, 3.8) is 0 Å². The maximum atomic E-state index is 9.69. The predicted molar refractivity (Wildman–Crippen MR) is 118 cm³/mol. The van der Waals surface area contributed by atoms with Crippen molar-refractivity contribution >= 4 is 23.4 Å². The van der Waals surface area contributed by atoms with Gasteiger partial charge in [0.2, 0.25) is 0 Å². The van der Waals surface area contributed by atoms with E-state index in [1.165, 1.54) is 5.56 Å². The molecule has 10 nitrogen and oxygen atoms in total. The molecule has 0 fully saturated rings. The van der Waals surface area contributed by atoms with Gasteiger partial charge in [-0.25, -0.2) is 14.6 Å². The van der Waals surface area contributed by atoms with Crippen LogP contribution in [0.2, 0.25) is 0 Å². The Balaban J connectivity index is 0.00000113. The number of rotatable bonds is 7. The smallest absolute Gasteiger partial charge is 0.414 e. The number of aromatic nitrogens is 1. The van der Waals surface area contributed by atoms with E-state index in [4.69, 9.17) is 19.8 Å². The average molecular weight is 431 g/mol. The van der Waals surface area contributed by atoms with Gasteiger partial charge in [-0.3, -0.25) is 0 Å². The molecular weight excluding hydrogens is 402 g/mol. The first-order chi connectivity index (χ1) is 14.2. The number of carboxylic acids is 2. The van der Waals surface area contributed by atoms with Gasteiger partial charge >= 0.3 is 11.9 Å². The number of aliphatic carboxylic acids is 2. The fraction of sp³-hybridized carbons (Fsp3) is 0.333. The van der Waals surface area contributed by atoms with Crippen molar-refractivity contribution in [1.29, 1.82) is 5.26 Å². The van der Waals surface area contributed by atoms with Crippen molar-refractivity contribution in [1.82, 2.24) is 9.88 Å². The number of likely N-dealkylation sites (N-methyl/N-ethyl adjacent to an activating group) is 1. The normalized spacial score (nSPS) is 9.55. The number of benzene rings is 1. The van der Waals surface area contributed by atoms with Crippen LogP contribution in [-0.4, -0.2) is 78.8 Å². The molecule has 31 heavy (non-hydrogen) atoms. The molecular formula is C21H29N5O5. The molecule has 0 aliphatic carbocycles. The summed E-state index contributed by atoms with van der Waals surface area (Å²) >= 11 is 0. The molecule has 1 heterocycles. The SMILES string of the molecule is CN(C)CCN(Cc1ccccc1)c1nccc(N(C)C)c1C#N.O.O=C(O)C(=O)O. The summed E-state index contributed by atoms with van der Waals surface area (Å²) in [6, 6.07) is 14.5. The number of pyridine rings is 1. The average Bonchev–Trinajstić information content (AvgIpc) is 2.71. The lowest BCUT2D eigenvalue weighted by atomic mass is 10.1. The first kappa shape index (κ1) is 27.3. The number of hydrogen-bond acceptors (Lipinski definition) is 7. The van der Waals surface area contributed by atoms with E-state index < -0.39 is 11.9 Å². The lowest BCUT2D eigenvalue weighted by Crippen LogP contribution is -2.32. The highest BCUT2D eigenvalue weighted by Crippen LogP contribution is 2.27. The van der Waals surface area contributed by atoms with Gasteiger partial charge < -0.3 is 30.4 Å². The second-order valence-electron chi connectivity index (χ2n) is 6.86. The van der Waals surface area contributed by atoms with Gasteiger partial charge in [-0.05, 0) is 25.7 Å². The van der Waals surface area contributed by atoms with Crippen LogP contribution in [0, 0.1) is 11.3 Å². The number of anilines is 2. The quantitative estimate of drug-likeness (QED) is 0.609. The minimum absolute atomic E-state index is 0. The van der Waals surface area contributed by atoms with Crippen molar-refractivity contribution in [2.24, 2.45) is 0 Å². The molecule has 0 atom stereocenters. The second-order valence-corrected chi connectivity index (χ2v) is 6.86. The zero-order chi connectivity index (χ0) is 22.7. The van der Waals surface area contributed by atoms with Crippen LogP contribution in [0.15, 0.2) is 42.6 Å². The Morgan fingerprint density at radius 1 is 1.00 bits per heavy atom. The molecule has 168 valence electrons. The number of nitriles is 1. The van der Waals surface area contributed by atoms with Crippen molar-refractivity contribution in [2.75, 3.05) is 51.1 Å². The van der Waals surface area contributed by atoms with Gasteiger partial charge in [-0.15, -0.1) is 0 Å². The minimum Gasteiger partial charge on any atom is -0.473 e. The largest absolute Gasteiger partial charge is 0.473 e. The van der Waals surface area contributed by atoms with Crippen LogP contribution in [0.3, 0.4) is 0 Å². The van der Waals surface area contributed by atoms with E-state index >= 15 is 0 Å². The van der Waals surface area contributed by atoms with E-state index in [0.29, 0.717) is 5.56 Å². The summed E-state index contributed by atoms with van der Waals surface area (Å²) in [5.41, 5.74) is 2.72. The maximum absolute atomic E-state index is 9.69. The first-order valence-corrected chi connectivity index (χ1v) is 9.13. The highest BCUT2D eigenvalue weighted by Gasteiger charge is 2.17. The van der Waals surface area contributed by atoms with Crippen LogP contribution in [0.25, 0.3) is 0 Å². The van der Waals surface area contributed by atoms with Gasteiger partial charge in [0.05, 0.1) is 5.69 Å². The van der Waals surface area contributed by atoms with Crippen molar-refractivity contribution in [3.05, 3.63) is 53.7 Å². The van der Waals surface area contributed by atoms with E-state index in [1.54, 1.807) is 6.20 Å². The summed E-state index contributed by atoms with van der Waals surface area (Å²) < 4.78 is 0. The number of carboxylic acid groups (broad SMARTS) is 2. The number of carbonyl (C=O) groups is 2. The summed E-state index contributed by atoms with van der Waals surface area (Å²) in [6.45, 7) is 2.43. The molecule has 10 heteroatoms. The third-order valence-electron chi connectivity index (χ3n) is 4.02. The molecule has 1 aromatic carbocycles. The molecule has 0 unspecified atom stereocenters. The molecule has 0 saturated heterocycles. The summed E-state index contributed by atoms with van der Waals surface area (Å²) in [5, 5.41) is 24.5. The molecule has 1 aromatic heterocycles. The Morgan fingerprint density at radius 2 is 1.58 bits per heavy atom. The molecule has 0 saturated carbocycles. The molecule has 2 rings (SSSR count). The second kappa shape index (κ2) is 13.5. The molecule has 0 aliphatic rings. The monoisotopic (exact) mass is 431 g/mol. The van der Waals surface area contributed by atoms with Crippen molar-refractivity contribution in [2.45, 2.75) is 6.54 Å². The van der Waals surface area contributed by atoms with E-state index in [2.05, 4.69) is 47.1 Å². The van der Waals surface area contributed by atoms with E-state index in [9.17, 15) is 5.26 Å². The maximum Gasteiger partial charge on any atom is 0.414 e. The Labute approximate surface area is 181 Å². The van der Waals surface area contributed by atoms with Gasteiger partial charge in [0.25, 0.3) is 0 Å². The Hall–Kier alpha value is -3.68. The van der Waals surface area contributed by atoms with Gasteiger partial charge in [-0.2, -0.15) is 5.26 Å². The molecule has 0 bridgehead atoms. The van der Waals surface area contributed by atoms with E-state index in [0.717, 1.165) is 31.1 Å². The van der Waals surface area contributed by atoms with Gasteiger partial charge in [0.15, 0.2) is 0 Å². The highest BCUT2D eigenvalue weighted by atomic mass is 16.4. The van der Waals surface area contributed by atoms with Crippen LogP contribution in [0.4, 0.5) is 11.5 Å². The fourth-order valence-corrected chi connectivity index (χ4v) is 2.54. The zero-order valence-corrected chi connectivity index (χ0v) is 18.1. The Morgan fingerprint density at radius 3 is 2.03 bits per heavy atom. The van der Waals surface area contributed by atoms with Crippen LogP contribution in [0.5, 0.6) is 0 Å². The predicted octanol–water partition coefficient (Wildman–Crippen LogP) is 0.918. The van der Waals surface area contributed by atoms with Crippen molar-refractivity contribution in [3.8, 4) is 6.07 Å². The third-order valence-corrected chi connectivity index (χ3v) is 4.02. The fourth-order valence-electron chi connectivity index (χ4n) is 2.54. The molecule has 0 spiro atoms.